The predicted molar refractivity (Wildman–Crippen MR) is 119 cm³/mol. The highest BCUT2D eigenvalue weighted by Crippen LogP contribution is 2.35. The van der Waals surface area contributed by atoms with E-state index in [1.165, 1.54) is 9.58 Å². The topological polar surface area (TPSA) is 88.2 Å². The highest BCUT2D eigenvalue weighted by molar-refractivity contribution is 5.96. The Morgan fingerprint density at radius 3 is 2.59 bits per heavy atom. The highest BCUT2D eigenvalue weighted by Gasteiger charge is 2.39. The lowest BCUT2D eigenvalue weighted by molar-refractivity contribution is -0.142. The first-order valence-electron chi connectivity index (χ1n) is 11.1. The molecule has 4 rings (SSSR count). The SMILES string of the molecule is CN(C(=O)[C@H](Cn1cccn1)NC(O)Cn1nc(C(F)(F)F)c2c1CCCC2)c1ccccc1. The normalized spacial score (nSPS) is 15.6. The number of fused-ring (bicyclic) bond motifs is 1. The second-order valence-electron chi connectivity index (χ2n) is 8.36. The number of benzene rings is 1. The Morgan fingerprint density at radius 1 is 1.18 bits per heavy atom. The second-order valence-corrected chi connectivity index (χ2v) is 8.36. The van der Waals surface area contributed by atoms with Crippen molar-refractivity contribution in [2.24, 2.45) is 0 Å². The fraction of sp³-hybridized carbons (Fsp3) is 0.435. The molecule has 2 heterocycles. The van der Waals surface area contributed by atoms with Crippen molar-refractivity contribution in [3.63, 3.8) is 0 Å². The van der Waals surface area contributed by atoms with Crippen LogP contribution in [0.2, 0.25) is 0 Å². The molecule has 11 heteroatoms. The van der Waals surface area contributed by atoms with Crippen LogP contribution in [0.15, 0.2) is 48.8 Å². The van der Waals surface area contributed by atoms with Gasteiger partial charge in [0.25, 0.3) is 0 Å². The molecule has 8 nitrogen and oxygen atoms in total. The molecular weight excluding hydrogens is 449 g/mol. The minimum atomic E-state index is -4.55. The summed E-state index contributed by atoms with van der Waals surface area (Å²) >= 11 is 0. The second kappa shape index (κ2) is 9.98. The van der Waals surface area contributed by atoms with Crippen LogP contribution in [-0.4, -0.2) is 49.9 Å². The van der Waals surface area contributed by atoms with E-state index in [0.717, 1.165) is 6.42 Å². The summed E-state index contributed by atoms with van der Waals surface area (Å²) in [6, 6.07) is 9.86. The van der Waals surface area contributed by atoms with Crippen molar-refractivity contribution in [1.82, 2.24) is 24.9 Å². The van der Waals surface area contributed by atoms with E-state index in [1.54, 1.807) is 42.3 Å². The van der Waals surface area contributed by atoms with Gasteiger partial charge in [0.2, 0.25) is 5.91 Å². The number of nitrogens with zero attached hydrogens (tertiary/aromatic N) is 5. The average Bonchev–Trinajstić information content (AvgIpc) is 3.46. The third-order valence-corrected chi connectivity index (χ3v) is 5.97. The van der Waals surface area contributed by atoms with Crippen LogP contribution < -0.4 is 10.2 Å². The molecule has 3 aromatic rings. The van der Waals surface area contributed by atoms with Crippen LogP contribution in [0, 0.1) is 0 Å². The minimum Gasteiger partial charge on any atom is -0.377 e. The van der Waals surface area contributed by atoms with Crippen LogP contribution in [0.1, 0.15) is 29.8 Å². The monoisotopic (exact) mass is 476 g/mol. The van der Waals surface area contributed by atoms with Crippen molar-refractivity contribution in [2.75, 3.05) is 11.9 Å². The molecule has 0 bridgehead atoms. The molecule has 1 unspecified atom stereocenters. The Labute approximate surface area is 195 Å². The van der Waals surface area contributed by atoms with Gasteiger partial charge in [0.1, 0.15) is 12.3 Å². The van der Waals surface area contributed by atoms with Crippen LogP contribution in [-0.2, 0) is 36.9 Å². The van der Waals surface area contributed by atoms with Gasteiger partial charge in [-0.15, -0.1) is 0 Å². The first-order chi connectivity index (χ1) is 16.2. The first kappa shape index (κ1) is 24.0. The number of aromatic nitrogens is 4. The Bertz CT molecular complexity index is 1100. The molecule has 2 atom stereocenters. The number of hydrogen-bond donors (Lipinski definition) is 2. The number of halogens is 3. The zero-order valence-electron chi connectivity index (χ0n) is 18.7. The number of aliphatic hydroxyl groups is 1. The Hall–Kier alpha value is -3.18. The zero-order chi connectivity index (χ0) is 24.3. The number of alkyl halides is 3. The number of amides is 1. The fourth-order valence-electron chi connectivity index (χ4n) is 4.31. The average molecular weight is 477 g/mol. The lowest BCUT2D eigenvalue weighted by Gasteiger charge is -2.27. The smallest absolute Gasteiger partial charge is 0.377 e. The number of likely N-dealkylation sites (N-methyl/N-ethyl adjacent to an activating group) is 1. The van der Waals surface area contributed by atoms with Gasteiger partial charge in [0, 0.05) is 36.4 Å². The summed E-state index contributed by atoms with van der Waals surface area (Å²) in [6.07, 6.45) is -0.364. The van der Waals surface area contributed by atoms with E-state index >= 15 is 0 Å². The lowest BCUT2D eigenvalue weighted by Crippen LogP contribution is -2.52. The molecule has 0 spiro atoms. The van der Waals surface area contributed by atoms with Gasteiger partial charge >= 0.3 is 6.18 Å². The van der Waals surface area contributed by atoms with Gasteiger partial charge < -0.3 is 10.0 Å². The summed E-state index contributed by atoms with van der Waals surface area (Å²) in [5.41, 5.74) is 0.488. The highest BCUT2D eigenvalue weighted by atomic mass is 19.4. The molecule has 0 aliphatic heterocycles. The summed E-state index contributed by atoms with van der Waals surface area (Å²) in [4.78, 5) is 14.7. The van der Waals surface area contributed by atoms with Gasteiger partial charge in [-0.1, -0.05) is 18.2 Å². The molecule has 1 amide bonds. The first-order valence-corrected chi connectivity index (χ1v) is 11.1. The molecule has 1 aliphatic carbocycles. The minimum absolute atomic E-state index is 0.130. The number of anilines is 1. The van der Waals surface area contributed by atoms with E-state index in [1.807, 2.05) is 18.2 Å². The van der Waals surface area contributed by atoms with Crippen molar-refractivity contribution >= 4 is 11.6 Å². The van der Waals surface area contributed by atoms with E-state index in [2.05, 4.69) is 15.5 Å². The number of para-hydroxylation sites is 1. The fourth-order valence-corrected chi connectivity index (χ4v) is 4.31. The molecule has 0 radical (unpaired) electrons. The number of nitrogens with one attached hydrogen (secondary N) is 1. The molecule has 0 fully saturated rings. The largest absolute Gasteiger partial charge is 0.435 e. The quantitative estimate of drug-likeness (QED) is 0.488. The Kier molecular flexibility index (Phi) is 7.03. The van der Waals surface area contributed by atoms with Crippen molar-refractivity contribution in [2.45, 2.75) is 57.2 Å². The van der Waals surface area contributed by atoms with Gasteiger partial charge in [-0.2, -0.15) is 23.4 Å². The van der Waals surface area contributed by atoms with Crippen LogP contribution in [0.25, 0.3) is 0 Å². The van der Waals surface area contributed by atoms with E-state index in [9.17, 15) is 23.1 Å². The summed E-state index contributed by atoms with van der Waals surface area (Å²) in [6.45, 7) is -0.0819. The van der Waals surface area contributed by atoms with Crippen LogP contribution >= 0.6 is 0 Å². The van der Waals surface area contributed by atoms with Gasteiger partial charge in [0.05, 0.1) is 13.1 Å². The summed E-state index contributed by atoms with van der Waals surface area (Å²) in [5.74, 6) is -0.320. The maximum absolute atomic E-state index is 13.5. The van der Waals surface area contributed by atoms with Gasteiger partial charge in [-0.05, 0) is 43.9 Å². The van der Waals surface area contributed by atoms with Crippen LogP contribution in [0.3, 0.4) is 0 Å². The number of carbonyl (C=O) groups is 1. The molecule has 2 aromatic heterocycles. The summed E-state index contributed by atoms with van der Waals surface area (Å²) in [5, 5.41) is 21.6. The number of aliphatic hydroxyl groups excluding tert-OH is 1. The van der Waals surface area contributed by atoms with Gasteiger partial charge in [0.15, 0.2) is 5.69 Å². The van der Waals surface area contributed by atoms with Crippen LogP contribution in [0.5, 0.6) is 0 Å². The van der Waals surface area contributed by atoms with Crippen LogP contribution in [0.4, 0.5) is 18.9 Å². The molecule has 1 aliphatic rings. The van der Waals surface area contributed by atoms with Gasteiger partial charge in [-0.3, -0.25) is 19.5 Å². The molecule has 0 saturated carbocycles. The standard InChI is InChI=1S/C23H27F3N6O2/c1-30(16-8-3-2-4-9-16)22(34)18(14-31-13-7-12-27-31)28-20(33)15-32-19-11-6-5-10-17(19)21(29-32)23(24,25)26/h2-4,7-9,12-13,18,20,28,33H,5-6,10-11,14-15H2,1H3/t18-,20?/m0/s1. The Balaban J connectivity index is 1.54. The molecule has 1 aromatic carbocycles. The number of hydrogen-bond acceptors (Lipinski definition) is 5. The maximum atomic E-state index is 13.5. The third-order valence-electron chi connectivity index (χ3n) is 5.97. The molecule has 2 N–H and O–H groups in total. The molecule has 0 saturated heterocycles. The summed E-state index contributed by atoms with van der Waals surface area (Å²) < 4.78 is 43.3. The maximum Gasteiger partial charge on any atom is 0.435 e. The third kappa shape index (κ3) is 5.31. The van der Waals surface area contributed by atoms with Gasteiger partial charge in [-0.25, -0.2) is 0 Å². The van der Waals surface area contributed by atoms with E-state index in [-0.39, 0.29) is 24.6 Å². The zero-order valence-corrected chi connectivity index (χ0v) is 18.7. The predicted octanol–water partition coefficient (Wildman–Crippen LogP) is 2.62. The Morgan fingerprint density at radius 2 is 1.91 bits per heavy atom. The van der Waals surface area contributed by atoms with E-state index < -0.39 is 24.1 Å². The number of carbonyl (C=O) groups excluding carboxylic acids is 1. The lowest BCUT2D eigenvalue weighted by atomic mass is 9.95. The van der Waals surface area contributed by atoms with Crippen molar-refractivity contribution in [3.05, 3.63) is 65.7 Å². The van der Waals surface area contributed by atoms with E-state index in [0.29, 0.717) is 30.6 Å². The molecular formula is C23H27F3N6O2. The summed E-state index contributed by atoms with van der Waals surface area (Å²) in [7, 11) is 1.63. The number of rotatable bonds is 8. The van der Waals surface area contributed by atoms with Crippen molar-refractivity contribution in [1.29, 1.82) is 0 Å². The van der Waals surface area contributed by atoms with E-state index in [4.69, 9.17) is 0 Å². The van der Waals surface area contributed by atoms with Crippen molar-refractivity contribution in [3.8, 4) is 0 Å². The molecule has 182 valence electrons. The molecule has 34 heavy (non-hydrogen) atoms. The van der Waals surface area contributed by atoms with Crippen molar-refractivity contribution < 1.29 is 23.1 Å².